The first-order valence-corrected chi connectivity index (χ1v) is 9.31. The molecule has 0 bridgehead atoms. The molecule has 0 aliphatic heterocycles. The highest BCUT2D eigenvalue weighted by atomic mass is 32.1. The number of aryl methyl sites for hydroxylation is 1. The second-order valence-corrected chi connectivity index (χ2v) is 7.42. The molecule has 21 heavy (non-hydrogen) atoms. The van der Waals surface area contributed by atoms with Crippen molar-refractivity contribution in [3.63, 3.8) is 0 Å². The van der Waals surface area contributed by atoms with Crippen molar-refractivity contribution in [2.75, 3.05) is 17.6 Å². The SMILES string of the molecule is Cc1csc(-c2c(N)nsc2NCCC2CCCCC2)n1. The summed E-state index contributed by atoms with van der Waals surface area (Å²) in [6, 6.07) is 0. The maximum atomic E-state index is 6.02. The summed E-state index contributed by atoms with van der Waals surface area (Å²) >= 11 is 3.08. The maximum absolute atomic E-state index is 6.02. The van der Waals surface area contributed by atoms with Crippen molar-refractivity contribution in [1.82, 2.24) is 9.36 Å². The molecule has 0 amide bonds. The summed E-state index contributed by atoms with van der Waals surface area (Å²) in [5.74, 6) is 1.48. The van der Waals surface area contributed by atoms with Gasteiger partial charge in [-0.15, -0.1) is 11.3 Å². The first-order valence-electron chi connectivity index (χ1n) is 7.65. The molecule has 0 saturated heterocycles. The van der Waals surface area contributed by atoms with Crippen LogP contribution in [-0.2, 0) is 0 Å². The van der Waals surface area contributed by atoms with Crippen LogP contribution in [0, 0.1) is 12.8 Å². The fraction of sp³-hybridized carbons (Fsp3) is 0.600. The third-order valence-corrected chi connectivity index (χ3v) is 5.91. The van der Waals surface area contributed by atoms with E-state index < -0.39 is 0 Å². The Morgan fingerprint density at radius 3 is 2.86 bits per heavy atom. The van der Waals surface area contributed by atoms with E-state index in [2.05, 4.69) is 20.1 Å². The van der Waals surface area contributed by atoms with Crippen LogP contribution in [0.5, 0.6) is 0 Å². The van der Waals surface area contributed by atoms with Crippen LogP contribution in [0.2, 0.25) is 0 Å². The third kappa shape index (κ3) is 3.55. The van der Waals surface area contributed by atoms with Crippen molar-refractivity contribution in [2.45, 2.75) is 45.4 Å². The van der Waals surface area contributed by atoms with Gasteiger partial charge in [0.05, 0.1) is 5.56 Å². The molecule has 0 radical (unpaired) electrons. The molecular formula is C15H22N4S2. The Kier molecular flexibility index (Phi) is 4.75. The van der Waals surface area contributed by atoms with Crippen LogP contribution in [0.25, 0.3) is 10.6 Å². The highest BCUT2D eigenvalue weighted by Crippen LogP contribution is 2.38. The fourth-order valence-corrected chi connectivity index (χ4v) is 4.62. The number of nitrogens with zero attached hydrogens (tertiary/aromatic N) is 2. The summed E-state index contributed by atoms with van der Waals surface area (Å²) in [5, 5.41) is 7.62. The summed E-state index contributed by atoms with van der Waals surface area (Å²) in [4.78, 5) is 4.54. The van der Waals surface area contributed by atoms with Crippen molar-refractivity contribution in [3.05, 3.63) is 11.1 Å². The Morgan fingerprint density at radius 1 is 1.33 bits per heavy atom. The number of anilines is 2. The zero-order valence-electron chi connectivity index (χ0n) is 12.4. The fourth-order valence-electron chi connectivity index (χ4n) is 2.96. The van der Waals surface area contributed by atoms with Gasteiger partial charge in [0.15, 0.2) is 0 Å². The Hall–Kier alpha value is -1.14. The lowest BCUT2D eigenvalue weighted by atomic mass is 9.87. The predicted molar refractivity (Wildman–Crippen MR) is 92.1 cm³/mol. The van der Waals surface area contributed by atoms with Crippen molar-refractivity contribution >= 4 is 33.7 Å². The number of aromatic nitrogens is 2. The number of rotatable bonds is 5. The van der Waals surface area contributed by atoms with E-state index >= 15 is 0 Å². The Bertz CT molecular complexity index is 584. The number of thiazole rings is 1. The predicted octanol–water partition coefficient (Wildman–Crippen LogP) is 4.54. The lowest BCUT2D eigenvalue weighted by Gasteiger charge is -2.21. The third-order valence-electron chi connectivity index (χ3n) is 4.11. The minimum absolute atomic E-state index is 0.592. The largest absolute Gasteiger partial charge is 0.382 e. The van der Waals surface area contributed by atoms with Crippen LogP contribution >= 0.6 is 22.9 Å². The minimum atomic E-state index is 0.592. The highest BCUT2D eigenvalue weighted by molar-refractivity contribution is 7.15. The van der Waals surface area contributed by atoms with Crippen LogP contribution < -0.4 is 11.1 Å². The molecular weight excluding hydrogens is 300 g/mol. The molecule has 4 nitrogen and oxygen atoms in total. The van der Waals surface area contributed by atoms with Gasteiger partial charge < -0.3 is 11.1 Å². The van der Waals surface area contributed by atoms with E-state index in [0.717, 1.165) is 33.7 Å². The number of nitrogens with one attached hydrogen (secondary N) is 1. The smallest absolute Gasteiger partial charge is 0.149 e. The van der Waals surface area contributed by atoms with E-state index in [1.54, 1.807) is 11.3 Å². The lowest BCUT2D eigenvalue weighted by molar-refractivity contribution is 0.345. The lowest BCUT2D eigenvalue weighted by Crippen LogP contribution is -2.12. The Labute approximate surface area is 134 Å². The first-order chi connectivity index (χ1) is 10.2. The van der Waals surface area contributed by atoms with E-state index in [9.17, 15) is 0 Å². The van der Waals surface area contributed by atoms with Crippen molar-refractivity contribution in [2.24, 2.45) is 5.92 Å². The zero-order chi connectivity index (χ0) is 14.7. The summed E-state index contributed by atoms with van der Waals surface area (Å²) < 4.78 is 4.29. The van der Waals surface area contributed by atoms with Crippen molar-refractivity contribution in [1.29, 1.82) is 0 Å². The normalized spacial score (nSPS) is 16.2. The molecule has 3 N–H and O–H groups in total. The van der Waals surface area contributed by atoms with Crippen molar-refractivity contribution < 1.29 is 0 Å². The summed E-state index contributed by atoms with van der Waals surface area (Å²) in [6.07, 6.45) is 8.26. The van der Waals surface area contributed by atoms with Gasteiger partial charge in [-0.05, 0) is 30.8 Å². The zero-order valence-corrected chi connectivity index (χ0v) is 14.0. The van der Waals surface area contributed by atoms with E-state index in [1.165, 1.54) is 50.1 Å². The number of hydrogen-bond acceptors (Lipinski definition) is 6. The average Bonchev–Trinajstić information content (AvgIpc) is 3.06. The van der Waals surface area contributed by atoms with Gasteiger partial charge in [-0.2, -0.15) is 4.37 Å². The summed E-state index contributed by atoms with van der Waals surface area (Å²) in [7, 11) is 0. The quantitative estimate of drug-likeness (QED) is 0.848. The van der Waals surface area contributed by atoms with E-state index in [4.69, 9.17) is 5.73 Å². The molecule has 114 valence electrons. The number of nitrogen functional groups attached to an aromatic ring is 1. The molecule has 2 aromatic rings. The van der Waals surface area contributed by atoms with Crippen LogP contribution in [0.15, 0.2) is 5.38 Å². The standard InChI is InChI=1S/C15H22N4S2/c1-10-9-20-15(18-10)12-13(16)19-21-14(12)17-8-7-11-5-3-2-4-6-11/h9,11,17H,2-8H2,1H3,(H2,16,19). The molecule has 0 unspecified atom stereocenters. The van der Waals surface area contributed by atoms with E-state index in [0.29, 0.717) is 5.82 Å². The molecule has 2 aromatic heterocycles. The molecule has 0 atom stereocenters. The molecule has 2 heterocycles. The highest BCUT2D eigenvalue weighted by Gasteiger charge is 2.17. The Balaban J connectivity index is 1.63. The molecule has 0 aromatic carbocycles. The van der Waals surface area contributed by atoms with Gasteiger partial charge in [-0.3, -0.25) is 0 Å². The topological polar surface area (TPSA) is 63.8 Å². The van der Waals surface area contributed by atoms with Crippen molar-refractivity contribution in [3.8, 4) is 10.6 Å². The van der Waals surface area contributed by atoms with Gasteiger partial charge in [-0.25, -0.2) is 4.98 Å². The second kappa shape index (κ2) is 6.75. The number of hydrogen-bond donors (Lipinski definition) is 2. The monoisotopic (exact) mass is 322 g/mol. The van der Waals surface area contributed by atoms with Gasteiger partial charge in [0.2, 0.25) is 0 Å². The molecule has 6 heteroatoms. The number of nitrogens with two attached hydrogens (primary N) is 1. The van der Waals surface area contributed by atoms with Gasteiger partial charge in [0, 0.05) is 17.6 Å². The van der Waals surface area contributed by atoms with E-state index in [-0.39, 0.29) is 0 Å². The van der Waals surface area contributed by atoms with Crippen LogP contribution in [-0.4, -0.2) is 15.9 Å². The van der Waals surface area contributed by atoms with Gasteiger partial charge >= 0.3 is 0 Å². The van der Waals surface area contributed by atoms with Gasteiger partial charge in [0.25, 0.3) is 0 Å². The first kappa shape index (κ1) is 14.8. The maximum Gasteiger partial charge on any atom is 0.149 e. The van der Waals surface area contributed by atoms with Gasteiger partial charge in [-0.1, -0.05) is 32.1 Å². The van der Waals surface area contributed by atoms with Crippen LogP contribution in [0.3, 0.4) is 0 Å². The van der Waals surface area contributed by atoms with Gasteiger partial charge in [0.1, 0.15) is 15.8 Å². The molecule has 3 rings (SSSR count). The van der Waals surface area contributed by atoms with Crippen LogP contribution in [0.4, 0.5) is 10.8 Å². The van der Waals surface area contributed by atoms with Crippen LogP contribution in [0.1, 0.15) is 44.2 Å². The minimum Gasteiger partial charge on any atom is -0.382 e. The second-order valence-electron chi connectivity index (χ2n) is 5.79. The average molecular weight is 323 g/mol. The molecule has 1 aliphatic rings. The molecule has 1 aliphatic carbocycles. The molecule has 0 spiro atoms. The summed E-state index contributed by atoms with van der Waals surface area (Å²) in [6.45, 7) is 3.01. The molecule has 1 fully saturated rings. The summed E-state index contributed by atoms with van der Waals surface area (Å²) in [5.41, 5.74) is 8.05. The van der Waals surface area contributed by atoms with E-state index in [1.807, 2.05) is 6.92 Å². The Morgan fingerprint density at radius 2 is 2.14 bits per heavy atom. The molecule has 1 saturated carbocycles.